The summed E-state index contributed by atoms with van der Waals surface area (Å²) in [6.45, 7) is 3.64. The van der Waals surface area contributed by atoms with Gasteiger partial charge in [-0.2, -0.15) is 26.3 Å². The average Bonchev–Trinajstić information content (AvgIpc) is 3.02. The molecule has 1 aliphatic rings. The van der Waals surface area contributed by atoms with Crippen LogP contribution in [0.1, 0.15) is 73.5 Å². The predicted molar refractivity (Wildman–Crippen MR) is 161 cm³/mol. The first-order valence-corrected chi connectivity index (χ1v) is 15.0. The zero-order valence-corrected chi connectivity index (χ0v) is 26.2. The minimum Gasteiger partial charge on any atom is -0.497 e. The van der Waals surface area contributed by atoms with Crippen LogP contribution in [0.4, 0.5) is 42.8 Å². The number of rotatable bonds is 12. The second kappa shape index (κ2) is 15.0. The van der Waals surface area contributed by atoms with E-state index in [-0.39, 0.29) is 61.1 Å². The molecule has 2 atom stereocenters. The number of aliphatic carboxylic acids is 1. The van der Waals surface area contributed by atoms with E-state index >= 15 is 0 Å². The van der Waals surface area contributed by atoms with Gasteiger partial charge in [0.1, 0.15) is 5.75 Å². The van der Waals surface area contributed by atoms with E-state index < -0.39 is 48.0 Å². The number of halogens is 6. The van der Waals surface area contributed by atoms with Crippen LogP contribution in [0.3, 0.4) is 0 Å². The van der Waals surface area contributed by atoms with Crippen molar-refractivity contribution < 1.29 is 55.2 Å². The summed E-state index contributed by atoms with van der Waals surface area (Å²) >= 11 is 0. The fraction of sp³-hybridized carbons (Fsp3) is 0.438. The number of fused-ring (bicyclic) bond motifs is 1. The number of hydrogen-bond acceptors (Lipinski definition) is 8. The van der Waals surface area contributed by atoms with Crippen LogP contribution in [-0.2, 0) is 28.3 Å². The van der Waals surface area contributed by atoms with E-state index in [0.29, 0.717) is 42.0 Å². The summed E-state index contributed by atoms with van der Waals surface area (Å²) in [7, 11) is 1.48. The van der Waals surface area contributed by atoms with Crippen molar-refractivity contribution in [2.75, 3.05) is 30.5 Å². The van der Waals surface area contributed by atoms with Crippen LogP contribution >= 0.6 is 0 Å². The van der Waals surface area contributed by atoms with Crippen LogP contribution in [0.2, 0.25) is 0 Å². The molecule has 0 unspecified atom stereocenters. The number of carboxylic acid groups (broad SMARTS) is 1. The molecule has 0 aliphatic carbocycles. The minimum absolute atomic E-state index is 0.0101. The fourth-order valence-electron chi connectivity index (χ4n) is 5.38. The first kappa shape index (κ1) is 36.1. The summed E-state index contributed by atoms with van der Waals surface area (Å²) < 4.78 is 97.9. The largest absolute Gasteiger partial charge is 0.497 e. The van der Waals surface area contributed by atoms with Gasteiger partial charge in [0.2, 0.25) is 5.95 Å². The molecule has 1 aliphatic heterocycles. The quantitative estimate of drug-likeness (QED) is 0.146. The molecule has 2 aromatic carbocycles. The lowest BCUT2D eigenvalue weighted by Crippen LogP contribution is -2.46. The molecule has 10 nitrogen and oxygen atoms in total. The monoisotopic (exact) mass is 684 g/mol. The van der Waals surface area contributed by atoms with Crippen LogP contribution in [-0.4, -0.2) is 53.5 Å². The summed E-state index contributed by atoms with van der Waals surface area (Å²) in [5, 5.41) is 12.1. The van der Waals surface area contributed by atoms with Crippen LogP contribution < -0.4 is 19.7 Å². The van der Waals surface area contributed by atoms with Crippen LogP contribution in [0.25, 0.3) is 0 Å². The number of carboxylic acids is 1. The van der Waals surface area contributed by atoms with Crippen molar-refractivity contribution in [3.63, 3.8) is 0 Å². The van der Waals surface area contributed by atoms with Crippen molar-refractivity contribution in [1.82, 2.24) is 9.97 Å². The molecule has 1 aromatic heterocycles. The van der Waals surface area contributed by atoms with E-state index in [1.807, 2.05) is 6.92 Å². The molecule has 0 spiro atoms. The molecule has 1 amide bonds. The Hall–Kier alpha value is -4.76. The number of aromatic nitrogens is 2. The molecule has 48 heavy (non-hydrogen) atoms. The van der Waals surface area contributed by atoms with Crippen molar-refractivity contribution in [1.29, 1.82) is 0 Å². The lowest BCUT2D eigenvalue weighted by molar-refractivity contribution is -0.143. The molecule has 0 saturated heterocycles. The van der Waals surface area contributed by atoms with E-state index in [1.54, 1.807) is 30.0 Å². The number of nitrogens with zero attached hydrogens (tertiary/aromatic N) is 3. The van der Waals surface area contributed by atoms with Gasteiger partial charge in [0.25, 0.3) is 0 Å². The highest BCUT2D eigenvalue weighted by Gasteiger charge is 2.38. The van der Waals surface area contributed by atoms with Gasteiger partial charge < -0.3 is 24.6 Å². The summed E-state index contributed by atoms with van der Waals surface area (Å²) in [4.78, 5) is 34.2. The normalized spacial score (nSPS) is 16.2. The number of methoxy groups -OCH3 is 1. The van der Waals surface area contributed by atoms with E-state index in [1.165, 1.54) is 13.3 Å². The number of carbonyl (C=O) groups is 2. The molecule has 0 bridgehead atoms. The van der Waals surface area contributed by atoms with Gasteiger partial charge in [-0.25, -0.2) is 14.8 Å². The van der Waals surface area contributed by atoms with Crippen LogP contribution in [0.15, 0.2) is 42.6 Å². The van der Waals surface area contributed by atoms with Gasteiger partial charge in [0.05, 0.1) is 55.1 Å². The van der Waals surface area contributed by atoms with E-state index in [2.05, 4.69) is 15.3 Å². The number of ether oxygens (including phenoxy) is 3. The molecule has 2 N–H and O–H groups in total. The molecule has 3 aromatic rings. The standard InChI is InChI=1S/C32H34F6N4O6/c1-4-21-15-24(23-16-22(46-3)8-9-26(23)42(21)30(45)47-5-2)40-29-39-17-27(48-10-6-7-28(43)44)25(41-29)13-18-11-19(31(33,34)35)14-20(12-18)32(36,37)38/h8-9,11-12,14,16-17,21,24H,4-7,10,13,15H2,1-3H3,(H,43,44)(H,39,40,41)/t21-,24+/m1/s1. The summed E-state index contributed by atoms with van der Waals surface area (Å²) in [6.07, 6.45) is -9.14. The zero-order chi connectivity index (χ0) is 35.2. The molecule has 16 heteroatoms. The molecule has 0 saturated carbocycles. The molecule has 0 fully saturated rings. The molecular formula is C32H34F6N4O6. The van der Waals surface area contributed by atoms with Gasteiger partial charge in [-0.05, 0) is 68.1 Å². The summed E-state index contributed by atoms with van der Waals surface area (Å²) in [6, 6.07) is 5.57. The van der Waals surface area contributed by atoms with Crippen LogP contribution in [0, 0.1) is 0 Å². The third kappa shape index (κ3) is 8.77. The lowest BCUT2D eigenvalue weighted by atomic mass is 9.90. The first-order chi connectivity index (χ1) is 22.6. The average molecular weight is 685 g/mol. The predicted octanol–water partition coefficient (Wildman–Crippen LogP) is 7.66. The number of amides is 1. The van der Waals surface area contributed by atoms with Crippen molar-refractivity contribution in [2.24, 2.45) is 0 Å². The number of benzene rings is 2. The number of nitrogens with one attached hydrogen (secondary N) is 1. The number of carbonyl (C=O) groups excluding carboxylic acids is 1. The maximum atomic E-state index is 13.6. The first-order valence-electron chi connectivity index (χ1n) is 15.0. The van der Waals surface area contributed by atoms with Crippen molar-refractivity contribution in [2.45, 2.75) is 70.4 Å². The Kier molecular flexibility index (Phi) is 11.3. The maximum absolute atomic E-state index is 13.6. The smallest absolute Gasteiger partial charge is 0.416 e. The molecule has 2 heterocycles. The maximum Gasteiger partial charge on any atom is 0.416 e. The highest BCUT2D eigenvalue weighted by molar-refractivity contribution is 5.90. The lowest BCUT2D eigenvalue weighted by Gasteiger charge is -2.40. The van der Waals surface area contributed by atoms with Gasteiger partial charge in [-0.15, -0.1) is 0 Å². The van der Waals surface area contributed by atoms with Crippen molar-refractivity contribution in [3.05, 3.63) is 70.5 Å². The highest BCUT2D eigenvalue weighted by atomic mass is 19.4. The van der Waals surface area contributed by atoms with Gasteiger partial charge in [-0.1, -0.05) is 6.92 Å². The van der Waals surface area contributed by atoms with E-state index in [9.17, 15) is 35.9 Å². The Morgan fingerprint density at radius 1 is 1.04 bits per heavy atom. The Bertz CT molecular complexity index is 1580. The Morgan fingerprint density at radius 2 is 1.73 bits per heavy atom. The van der Waals surface area contributed by atoms with Crippen molar-refractivity contribution >= 4 is 23.7 Å². The fourth-order valence-corrected chi connectivity index (χ4v) is 5.38. The van der Waals surface area contributed by atoms with Gasteiger partial charge in [-0.3, -0.25) is 9.69 Å². The number of hydrogen-bond donors (Lipinski definition) is 2. The Morgan fingerprint density at radius 3 is 2.31 bits per heavy atom. The molecule has 0 radical (unpaired) electrons. The highest BCUT2D eigenvalue weighted by Crippen LogP contribution is 2.42. The SMILES string of the molecule is CCOC(=O)N1c2ccc(OC)cc2[C@@H](Nc2ncc(OCCCC(=O)O)c(Cc3cc(C(F)(F)F)cc(C(F)(F)F)c3)n2)C[C@H]1CC. The number of alkyl halides is 6. The Labute approximate surface area is 272 Å². The van der Waals surface area contributed by atoms with Gasteiger partial charge >= 0.3 is 24.4 Å². The molecular weight excluding hydrogens is 650 g/mol. The van der Waals surface area contributed by atoms with Gasteiger partial charge in [0.15, 0.2) is 5.75 Å². The second-order valence-electron chi connectivity index (χ2n) is 10.9. The van der Waals surface area contributed by atoms with Crippen molar-refractivity contribution in [3.8, 4) is 11.5 Å². The Balaban J connectivity index is 1.74. The summed E-state index contributed by atoms with van der Waals surface area (Å²) in [5.41, 5.74) is -2.13. The molecule has 260 valence electrons. The topological polar surface area (TPSA) is 123 Å². The summed E-state index contributed by atoms with van der Waals surface area (Å²) in [5.74, 6) is -0.628. The zero-order valence-electron chi connectivity index (χ0n) is 26.2. The minimum atomic E-state index is -5.05. The molecule has 4 rings (SSSR count). The second-order valence-corrected chi connectivity index (χ2v) is 10.9. The van der Waals surface area contributed by atoms with E-state index in [4.69, 9.17) is 19.3 Å². The van der Waals surface area contributed by atoms with Gasteiger partial charge in [0, 0.05) is 24.4 Å². The third-order valence-corrected chi connectivity index (χ3v) is 7.62. The number of anilines is 2. The van der Waals surface area contributed by atoms with E-state index in [0.717, 1.165) is 0 Å². The van der Waals surface area contributed by atoms with Crippen LogP contribution in [0.5, 0.6) is 11.5 Å². The third-order valence-electron chi connectivity index (χ3n) is 7.62.